The molecule has 0 radical (unpaired) electrons. The van der Waals surface area contributed by atoms with Crippen molar-refractivity contribution < 1.29 is 0 Å². The molecule has 0 saturated carbocycles. The standard InChI is InChI=1S/C10H14N4/c1-14(2)10-5-3-4-9(13-10)8(12)6-7-11/h3-5,8H,6,12H2,1-2H3. The maximum atomic E-state index is 8.51. The van der Waals surface area contributed by atoms with Crippen molar-refractivity contribution in [1.82, 2.24) is 4.98 Å². The minimum atomic E-state index is -0.292. The first-order valence-electron chi connectivity index (χ1n) is 4.42. The van der Waals surface area contributed by atoms with Gasteiger partial charge in [0.05, 0.1) is 24.2 Å². The maximum absolute atomic E-state index is 8.51. The zero-order chi connectivity index (χ0) is 10.6. The van der Waals surface area contributed by atoms with E-state index in [0.717, 1.165) is 11.5 Å². The molecule has 0 aliphatic rings. The molecule has 14 heavy (non-hydrogen) atoms. The van der Waals surface area contributed by atoms with E-state index in [0.29, 0.717) is 6.42 Å². The van der Waals surface area contributed by atoms with Crippen molar-refractivity contribution in [2.45, 2.75) is 12.5 Å². The van der Waals surface area contributed by atoms with E-state index >= 15 is 0 Å². The molecule has 0 saturated heterocycles. The Kier molecular flexibility index (Phi) is 3.43. The van der Waals surface area contributed by atoms with Gasteiger partial charge in [0.25, 0.3) is 0 Å². The summed E-state index contributed by atoms with van der Waals surface area (Å²) in [6.45, 7) is 0. The van der Waals surface area contributed by atoms with E-state index in [2.05, 4.69) is 4.98 Å². The van der Waals surface area contributed by atoms with Gasteiger partial charge in [0.15, 0.2) is 0 Å². The average Bonchev–Trinajstić information content (AvgIpc) is 2.18. The zero-order valence-electron chi connectivity index (χ0n) is 8.44. The molecule has 1 aromatic rings. The Bertz CT molecular complexity index is 340. The topological polar surface area (TPSA) is 65.9 Å². The van der Waals surface area contributed by atoms with Gasteiger partial charge in [0, 0.05) is 14.1 Å². The van der Waals surface area contributed by atoms with Crippen LogP contribution < -0.4 is 10.6 Å². The van der Waals surface area contributed by atoms with Crippen LogP contribution in [0.2, 0.25) is 0 Å². The van der Waals surface area contributed by atoms with Crippen LogP contribution in [0, 0.1) is 11.3 Å². The summed E-state index contributed by atoms with van der Waals surface area (Å²) in [5, 5.41) is 8.51. The minimum absolute atomic E-state index is 0.292. The predicted octanol–water partition coefficient (Wildman–Crippen LogP) is 1.06. The summed E-state index contributed by atoms with van der Waals surface area (Å²) in [6, 6.07) is 7.39. The first-order valence-corrected chi connectivity index (χ1v) is 4.42. The number of rotatable bonds is 3. The second kappa shape index (κ2) is 4.58. The van der Waals surface area contributed by atoms with Gasteiger partial charge in [-0.05, 0) is 12.1 Å². The molecule has 4 nitrogen and oxygen atoms in total. The Labute approximate surface area is 84.0 Å². The lowest BCUT2D eigenvalue weighted by Gasteiger charge is -2.14. The van der Waals surface area contributed by atoms with Crippen molar-refractivity contribution in [1.29, 1.82) is 5.26 Å². The molecule has 0 bridgehead atoms. The minimum Gasteiger partial charge on any atom is -0.363 e. The number of aromatic nitrogens is 1. The number of nitrogens with two attached hydrogens (primary N) is 1. The van der Waals surface area contributed by atoms with E-state index < -0.39 is 0 Å². The fraction of sp³-hybridized carbons (Fsp3) is 0.400. The van der Waals surface area contributed by atoms with Gasteiger partial charge in [-0.1, -0.05) is 6.07 Å². The van der Waals surface area contributed by atoms with Crippen LogP contribution in [0.15, 0.2) is 18.2 Å². The van der Waals surface area contributed by atoms with Gasteiger partial charge in [-0.25, -0.2) is 4.98 Å². The highest BCUT2D eigenvalue weighted by atomic mass is 15.1. The van der Waals surface area contributed by atoms with Crippen molar-refractivity contribution in [2.24, 2.45) is 5.73 Å². The zero-order valence-corrected chi connectivity index (χ0v) is 8.44. The van der Waals surface area contributed by atoms with Crippen molar-refractivity contribution in [3.63, 3.8) is 0 Å². The third-order valence-corrected chi connectivity index (χ3v) is 1.91. The summed E-state index contributed by atoms with van der Waals surface area (Å²) in [4.78, 5) is 6.25. The lowest BCUT2D eigenvalue weighted by atomic mass is 10.1. The molecule has 0 aliphatic heterocycles. The Hall–Kier alpha value is -1.60. The third kappa shape index (κ3) is 2.44. The Morgan fingerprint density at radius 3 is 2.86 bits per heavy atom. The van der Waals surface area contributed by atoms with Gasteiger partial charge >= 0.3 is 0 Å². The normalized spacial score (nSPS) is 11.9. The Morgan fingerprint density at radius 1 is 1.57 bits per heavy atom. The van der Waals surface area contributed by atoms with Crippen LogP contribution in [-0.4, -0.2) is 19.1 Å². The summed E-state index contributed by atoms with van der Waals surface area (Å²) in [6.07, 6.45) is 0.296. The highest BCUT2D eigenvalue weighted by molar-refractivity contribution is 5.37. The number of nitriles is 1. The second-order valence-electron chi connectivity index (χ2n) is 3.28. The van der Waals surface area contributed by atoms with E-state index in [1.165, 1.54) is 0 Å². The number of hydrogen-bond acceptors (Lipinski definition) is 4. The monoisotopic (exact) mass is 190 g/mol. The molecule has 1 heterocycles. The summed E-state index contributed by atoms with van der Waals surface area (Å²) in [5.74, 6) is 0.857. The van der Waals surface area contributed by atoms with Gasteiger partial charge in [-0.15, -0.1) is 0 Å². The lowest BCUT2D eigenvalue weighted by molar-refractivity contribution is 0.719. The highest BCUT2D eigenvalue weighted by Crippen LogP contribution is 2.14. The van der Waals surface area contributed by atoms with Gasteiger partial charge in [-0.3, -0.25) is 0 Å². The summed E-state index contributed by atoms with van der Waals surface area (Å²) in [7, 11) is 3.84. The number of pyridine rings is 1. The fourth-order valence-corrected chi connectivity index (χ4v) is 1.10. The van der Waals surface area contributed by atoms with Crippen molar-refractivity contribution >= 4 is 5.82 Å². The summed E-state index contributed by atoms with van der Waals surface area (Å²) in [5.41, 5.74) is 6.53. The van der Waals surface area contributed by atoms with E-state index in [-0.39, 0.29) is 6.04 Å². The first-order chi connectivity index (χ1) is 6.65. The van der Waals surface area contributed by atoms with E-state index in [1.54, 1.807) is 0 Å². The molecule has 74 valence electrons. The van der Waals surface area contributed by atoms with E-state index in [9.17, 15) is 0 Å². The van der Waals surface area contributed by atoms with Crippen molar-refractivity contribution in [2.75, 3.05) is 19.0 Å². The molecule has 0 aromatic carbocycles. The SMILES string of the molecule is CN(C)c1cccc(C(N)CC#N)n1. The van der Waals surface area contributed by atoms with Gasteiger partial charge in [-0.2, -0.15) is 5.26 Å². The van der Waals surface area contributed by atoms with Crippen molar-refractivity contribution in [3.8, 4) is 6.07 Å². The van der Waals surface area contributed by atoms with Crippen LogP contribution in [0.3, 0.4) is 0 Å². The van der Waals surface area contributed by atoms with Gasteiger partial charge < -0.3 is 10.6 Å². The molecule has 1 atom stereocenters. The molecule has 0 amide bonds. The van der Waals surface area contributed by atoms with Crippen LogP contribution in [0.4, 0.5) is 5.82 Å². The average molecular weight is 190 g/mol. The molecule has 4 heteroatoms. The van der Waals surface area contributed by atoms with Crippen molar-refractivity contribution in [3.05, 3.63) is 23.9 Å². The molecule has 0 aliphatic carbocycles. The number of hydrogen-bond donors (Lipinski definition) is 1. The maximum Gasteiger partial charge on any atom is 0.128 e. The predicted molar refractivity (Wildman–Crippen MR) is 55.7 cm³/mol. The Balaban J connectivity index is 2.89. The summed E-state index contributed by atoms with van der Waals surface area (Å²) < 4.78 is 0. The molecule has 1 rings (SSSR count). The number of anilines is 1. The second-order valence-corrected chi connectivity index (χ2v) is 3.28. The van der Waals surface area contributed by atoms with Gasteiger partial charge in [0.2, 0.25) is 0 Å². The Morgan fingerprint density at radius 2 is 2.29 bits per heavy atom. The van der Waals surface area contributed by atoms with Crippen LogP contribution >= 0.6 is 0 Å². The van der Waals surface area contributed by atoms with Crippen LogP contribution in [0.5, 0.6) is 0 Å². The molecule has 1 unspecified atom stereocenters. The fourth-order valence-electron chi connectivity index (χ4n) is 1.10. The molecule has 2 N–H and O–H groups in total. The molecule has 0 fully saturated rings. The van der Waals surface area contributed by atoms with Crippen LogP contribution in [-0.2, 0) is 0 Å². The van der Waals surface area contributed by atoms with Crippen LogP contribution in [0.1, 0.15) is 18.2 Å². The summed E-state index contributed by atoms with van der Waals surface area (Å²) >= 11 is 0. The molecular formula is C10H14N4. The van der Waals surface area contributed by atoms with E-state index in [4.69, 9.17) is 11.0 Å². The third-order valence-electron chi connectivity index (χ3n) is 1.91. The lowest BCUT2D eigenvalue weighted by Crippen LogP contribution is -2.15. The quantitative estimate of drug-likeness (QED) is 0.774. The number of nitrogens with zero attached hydrogens (tertiary/aromatic N) is 3. The molecule has 1 aromatic heterocycles. The molecule has 0 spiro atoms. The van der Waals surface area contributed by atoms with Gasteiger partial charge in [0.1, 0.15) is 5.82 Å². The largest absolute Gasteiger partial charge is 0.363 e. The van der Waals surface area contributed by atoms with Crippen LogP contribution in [0.25, 0.3) is 0 Å². The smallest absolute Gasteiger partial charge is 0.128 e. The molecular weight excluding hydrogens is 176 g/mol. The highest BCUT2D eigenvalue weighted by Gasteiger charge is 2.07. The van der Waals surface area contributed by atoms with E-state index in [1.807, 2.05) is 43.3 Å². The first kappa shape index (κ1) is 10.5.